The van der Waals surface area contributed by atoms with E-state index in [1.54, 1.807) is 0 Å². The number of likely N-dealkylation sites (tertiary alicyclic amines) is 1. The zero-order valence-corrected chi connectivity index (χ0v) is 19.8. The van der Waals surface area contributed by atoms with Crippen molar-refractivity contribution in [2.45, 2.75) is 45.6 Å². The van der Waals surface area contributed by atoms with E-state index < -0.39 is 0 Å². The Hall–Kier alpha value is -2.41. The smallest absolute Gasteiger partial charge is 0.141 e. The van der Waals surface area contributed by atoms with E-state index >= 15 is 0 Å². The van der Waals surface area contributed by atoms with Crippen molar-refractivity contribution in [2.75, 3.05) is 39.2 Å². The Bertz CT molecular complexity index is 973. The van der Waals surface area contributed by atoms with Crippen LogP contribution in [0.3, 0.4) is 0 Å². The molecule has 2 N–H and O–H groups in total. The van der Waals surface area contributed by atoms with Crippen LogP contribution in [0.2, 0.25) is 0 Å². The predicted molar refractivity (Wildman–Crippen MR) is 131 cm³/mol. The number of hydrogen-bond donors (Lipinski definition) is 2. The molecular weight excluding hydrogens is 400 g/mol. The van der Waals surface area contributed by atoms with Gasteiger partial charge in [-0.25, -0.2) is 5.01 Å². The summed E-state index contributed by atoms with van der Waals surface area (Å²) in [6.45, 7) is 7.51. The highest BCUT2D eigenvalue weighted by atomic mass is 16.5. The van der Waals surface area contributed by atoms with E-state index in [4.69, 9.17) is 9.63 Å². The highest BCUT2D eigenvalue weighted by Crippen LogP contribution is 2.44. The lowest BCUT2D eigenvalue weighted by Gasteiger charge is -2.34. The number of aromatic nitrogens is 1. The topological polar surface area (TPSA) is 64.8 Å². The summed E-state index contributed by atoms with van der Waals surface area (Å²) >= 11 is 0. The maximum atomic E-state index is 7.00. The lowest BCUT2D eigenvalue weighted by molar-refractivity contribution is 0.165. The number of allylic oxidation sites excluding steroid dienone is 2. The second kappa shape index (κ2) is 10.0. The Morgan fingerprint density at radius 1 is 1.19 bits per heavy atom. The molecule has 1 saturated heterocycles. The van der Waals surface area contributed by atoms with Crippen LogP contribution in [0, 0.1) is 19.8 Å². The number of fused-ring (bicyclic) bond motifs is 1. The first kappa shape index (κ1) is 22.8. The minimum Gasteiger partial charge on any atom is -0.400 e. The number of benzene rings is 1. The van der Waals surface area contributed by atoms with Crippen LogP contribution in [0.5, 0.6) is 0 Å². The van der Waals surface area contributed by atoms with E-state index in [0.717, 1.165) is 49.4 Å². The van der Waals surface area contributed by atoms with Gasteiger partial charge in [0.2, 0.25) is 0 Å². The van der Waals surface area contributed by atoms with Crippen LogP contribution in [0.15, 0.2) is 46.5 Å². The quantitative estimate of drug-likeness (QED) is 0.691. The molecule has 6 nitrogen and oxygen atoms in total. The number of rotatable bonds is 4. The number of aliphatic hydroxyl groups is 1. The SMILES string of the molecule is CO.Cc1noc(C)c1-c1ccc2c(c1)C(C1=CCCC=C1)N(CC1CCN(C)CC1)N2.[HH]. The molecule has 32 heavy (non-hydrogen) atoms. The zero-order valence-electron chi connectivity index (χ0n) is 19.8. The van der Waals surface area contributed by atoms with Gasteiger partial charge in [-0.1, -0.05) is 29.5 Å². The van der Waals surface area contributed by atoms with Gasteiger partial charge < -0.3 is 20.0 Å². The third kappa shape index (κ3) is 4.53. The van der Waals surface area contributed by atoms with Crippen LogP contribution >= 0.6 is 0 Å². The van der Waals surface area contributed by atoms with Crippen molar-refractivity contribution in [1.29, 1.82) is 0 Å². The van der Waals surface area contributed by atoms with Crippen molar-refractivity contribution in [3.8, 4) is 11.1 Å². The summed E-state index contributed by atoms with van der Waals surface area (Å²) in [5, 5.41) is 13.7. The molecular formula is C26H38N4O2. The minimum atomic E-state index is 0. The molecule has 2 aromatic rings. The van der Waals surface area contributed by atoms with Crippen LogP contribution < -0.4 is 5.43 Å². The zero-order chi connectivity index (χ0) is 22.7. The lowest BCUT2D eigenvalue weighted by atomic mass is 9.90. The summed E-state index contributed by atoms with van der Waals surface area (Å²) in [7, 11) is 3.23. The molecule has 3 aliphatic rings. The van der Waals surface area contributed by atoms with Crippen LogP contribution in [0.1, 0.15) is 50.2 Å². The van der Waals surface area contributed by atoms with Gasteiger partial charge in [-0.05, 0) is 88.9 Å². The van der Waals surface area contributed by atoms with E-state index in [9.17, 15) is 0 Å². The molecule has 3 heterocycles. The average Bonchev–Trinajstić information content (AvgIpc) is 3.35. The second-order valence-corrected chi connectivity index (χ2v) is 9.10. The molecule has 0 amide bonds. The Morgan fingerprint density at radius 2 is 1.97 bits per heavy atom. The maximum Gasteiger partial charge on any atom is 0.141 e. The van der Waals surface area contributed by atoms with Gasteiger partial charge in [0.25, 0.3) is 0 Å². The number of hydrazine groups is 1. The van der Waals surface area contributed by atoms with Crippen molar-refractivity contribution in [1.82, 2.24) is 15.1 Å². The average molecular weight is 439 g/mol. The van der Waals surface area contributed by atoms with Crippen LogP contribution in [-0.4, -0.2) is 54.0 Å². The highest BCUT2D eigenvalue weighted by Gasteiger charge is 2.34. The first-order chi connectivity index (χ1) is 15.6. The van der Waals surface area contributed by atoms with E-state index in [-0.39, 0.29) is 7.47 Å². The van der Waals surface area contributed by atoms with Crippen LogP contribution in [0.25, 0.3) is 11.1 Å². The van der Waals surface area contributed by atoms with Gasteiger partial charge in [0.15, 0.2) is 0 Å². The first-order valence-electron chi connectivity index (χ1n) is 11.7. The third-order valence-electron chi connectivity index (χ3n) is 6.88. The number of nitrogens with zero attached hydrogens (tertiary/aromatic N) is 3. The Kier molecular flexibility index (Phi) is 7.13. The molecule has 2 aliphatic heterocycles. The van der Waals surface area contributed by atoms with Gasteiger partial charge in [0.1, 0.15) is 5.76 Å². The number of anilines is 1. The summed E-state index contributed by atoms with van der Waals surface area (Å²) in [6, 6.07) is 7.03. The number of aryl methyl sites for hydroxylation is 2. The fraction of sp³-hybridized carbons (Fsp3) is 0.500. The van der Waals surface area contributed by atoms with Gasteiger partial charge in [-0.3, -0.25) is 0 Å². The van der Waals surface area contributed by atoms with E-state index in [1.165, 1.54) is 48.3 Å². The van der Waals surface area contributed by atoms with Crippen LogP contribution in [-0.2, 0) is 0 Å². The largest absolute Gasteiger partial charge is 0.400 e. The predicted octanol–water partition coefficient (Wildman–Crippen LogP) is 5.11. The molecule has 1 aromatic carbocycles. The molecule has 5 rings (SSSR count). The van der Waals surface area contributed by atoms with Gasteiger partial charge in [-0.2, -0.15) is 0 Å². The molecule has 174 valence electrons. The van der Waals surface area contributed by atoms with Gasteiger partial charge in [0.05, 0.1) is 17.4 Å². The second-order valence-electron chi connectivity index (χ2n) is 9.10. The van der Waals surface area contributed by atoms with Crippen molar-refractivity contribution in [3.63, 3.8) is 0 Å². The highest BCUT2D eigenvalue weighted by molar-refractivity contribution is 5.73. The molecule has 0 saturated carbocycles. The first-order valence-corrected chi connectivity index (χ1v) is 11.7. The molecule has 1 fully saturated rings. The molecule has 1 unspecified atom stereocenters. The molecule has 0 radical (unpaired) electrons. The fourth-order valence-electron chi connectivity index (χ4n) is 5.20. The number of aliphatic hydroxyl groups excluding tert-OH is 1. The Labute approximate surface area is 193 Å². The van der Waals surface area contributed by atoms with Crippen molar-refractivity contribution in [2.24, 2.45) is 5.92 Å². The molecule has 1 atom stereocenters. The van der Waals surface area contributed by atoms with E-state index in [1.807, 2.05) is 13.8 Å². The van der Waals surface area contributed by atoms with Crippen molar-refractivity contribution < 1.29 is 11.1 Å². The molecule has 6 heteroatoms. The van der Waals surface area contributed by atoms with E-state index in [0.29, 0.717) is 0 Å². The van der Waals surface area contributed by atoms with Gasteiger partial charge >= 0.3 is 0 Å². The summed E-state index contributed by atoms with van der Waals surface area (Å²) in [6.07, 6.45) is 11.9. The molecule has 1 aliphatic carbocycles. The minimum absolute atomic E-state index is 0. The number of nitrogens with one attached hydrogen (secondary N) is 1. The van der Waals surface area contributed by atoms with E-state index in [2.05, 4.69) is 64.0 Å². The lowest BCUT2D eigenvalue weighted by Crippen LogP contribution is -2.39. The molecule has 1 aromatic heterocycles. The Morgan fingerprint density at radius 3 is 2.62 bits per heavy atom. The van der Waals surface area contributed by atoms with Gasteiger partial charge in [-0.15, -0.1) is 0 Å². The van der Waals surface area contributed by atoms with Crippen molar-refractivity contribution in [3.05, 3.63) is 59.0 Å². The molecule has 0 spiro atoms. The van der Waals surface area contributed by atoms with Crippen molar-refractivity contribution >= 4 is 5.69 Å². The number of piperidine rings is 1. The summed E-state index contributed by atoms with van der Waals surface area (Å²) in [4.78, 5) is 2.45. The van der Waals surface area contributed by atoms with Gasteiger partial charge in [0, 0.05) is 26.2 Å². The molecule has 0 bridgehead atoms. The third-order valence-corrected chi connectivity index (χ3v) is 6.88. The normalized spacial score (nSPS) is 21.5. The number of hydrogen-bond acceptors (Lipinski definition) is 6. The maximum absolute atomic E-state index is 7.00. The summed E-state index contributed by atoms with van der Waals surface area (Å²) in [5.41, 5.74) is 11.0. The monoisotopic (exact) mass is 438 g/mol. The fourth-order valence-corrected chi connectivity index (χ4v) is 5.20. The summed E-state index contributed by atoms with van der Waals surface area (Å²) < 4.78 is 5.44. The standard InChI is InChI=1S/C25H32N4O.CH4O.H2/c1-17-24(18(2)30-27-17)21-9-10-23-22(15-21)25(20-7-5-4-6-8-20)29(26-23)16-19-11-13-28(3)14-12-19;1-2;/h5,7-10,15,19,25-26H,4,6,11-14,16H2,1-3H3;2H,1H3;1H. The Balaban J connectivity index is 0.000000994. The van der Waals surface area contributed by atoms with Crippen LogP contribution in [0.4, 0.5) is 5.69 Å². The summed E-state index contributed by atoms with van der Waals surface area (Å²) in [5.74, 6) is 1.62.